The van der Waals surface area contributed by atoms with Crippen LogP contribution in [-0.4, -0.2) is 18.0 Å². The third-order valence-corrected chi connectivity index (χ3v) is 2.23. The lowest BCUT2D eigenvalue weighted by Gasteiger charge is -2.13. The van der Waals surface area contributed by atoms with Gasteiger partial charge in [0.25, 0.3) is 0 Å². The van der Waals surface area contributed by atoms with Crippen molar-refractivity contribution in [1.82, 2.24) is 0 Å². The minimum atomic E-state index is -4.84. The summed E-state index contributed by atoms with van der Waals surface area (Å²) < 4.78 is 35.8. The molecular weight excluding hydrogens is 187 g/mol. The Bertz CT molecular complexity index is 226. The van der Waals surface area contributed by atoms with Crippen LogP contribution in [0.15, 0.2) is 5.18 Å². The van der Waals surface area contributed by atoms with Crippen molar-refractivity contribution in [3.63, 3.8) is 0 Å². The number of ketones is 1. The Morgan fingerprint density at radius 1 is 1.31 bits per heavy atom. The highest BCUT2D eigenvalue weighted by molar-refractivity contribution is 5.87. The lowest BCUT2D eigenvalue weighted by molar-refractivity contribution is -0.175. The molecule has 3 nitrogen and oxygen atoms in total. The molecule has 0 aromatic heterocycles. The van der Waals surface area contributed by atoms with E-state index in [0.717, 1.165) is 0 Å². The number of rotatable bonds is 2. The molecule has 1 saturated carbocycles. The Balaban J connectivity index is 2.71. The maximum absolute atomic E-state index is 11.9. The normalized spacial score (nSPS) is 28.8. The molecule has 0 aromatic rings. The smallest absolute Gasteiger partial charge is 0.289 e. The summed E-state index contributed by atoms with van der Waals surface area (Å²) >= 11 is 0. The zero-order chi connectivity index (χ0) is 10.1. The largest absolute Gasteiger partial charge is 0.450 e. The fourth-order valence-electron chi connectivity index (χ4n) is 1.58. The number of nitrogens with zero attached hydrogens (tertiary/aromatic N) is 1. The monoisotopic (exact) mass is 195 g/mol. The van der Waals surface area contributed by atoms with Gasteiger partial charge in [-0.1, -0.05) is 11.6 Å². The van der Waals surface area contributed by atoms with Crippen molar-refractivity contribution in [3.05, 3.63) is 4.91 Å². The molecule has 2 atom stereocenters. The van der Waals surface area contributed by atoms with Crippen LogP contribution in [0, 0.1) is 10.8 Å². The Morgan fingerprint density at radius 2 is 1.92 bits per heavy atom. The Morgan fingerprint density at radius 3 is 2.38 bits per heavy atom. The fourth-order valence-corrected chi connectivity index (χ4v) is 1.58. The van der Waals surface area contributed by atoms with E-state index in [-0.39, 0.29) is 12.8 Å². The Kier molecular flexibility index (Phi) is 2.68. The summed E-state index contributed by atoms with van der Waals surface area (Å²) in [6, 6.07) is -0.978. The summed E-state index contributed by atoms with van der Waals surface area (Å²) in [6.45, 7) is 0. The first-order valence-corrected chi connectivity index (χ1v) is 3.90. The summed E-state index contributed by atoms with van der Waals surface area (Å²) in [4.78, 5) is 20.8. The number of carbonyl (C=O) groups is 1. The predicted octanol–water partition coefficient (Wildman–Crippen LogP) is 2.05. The van der Waals surface area contributed by atoms with Crippen LogP contribution in [0.3, 0.4) is 0 Å². The van der Waals surface area contributed by atoms with Crippen LogP contribution in [0.5, 0.6) is 0 Å². The standard InChI is InChI=1S/C7H8F3NO2/c8-7(9,10)6(12)4-2-1-3-5(4)11-13/h4-5H,1-3H2. The SMILES string of the molecule is O=NC1CCCC1C(=O)C(F)(F)F. The number of hydrogen-bond acceptors (Lipinski definition) is 3. The lowest BCUT2D eigenvalue weighted by Crippen LogP contribution is -2.33. The second-order valence-corrected chi connectivity index (χ2v) is 3.07. The topological polar surface area (TPSA) is 46.5 Å². The average Bonchev–Trinajstić information content (AvgIpc) is 2.48. The first-order chi connectivity index (χ1) is 5.96. The lowest BCUT2D eigenvalue weighted by atomic mass is 9.99. The molecule has 6 heteroatoms. The second kappa shape index (κ2) is 3.43. The third kappa shape index (κ3) is 2.05. The molecule has 1 fully saturated rings. The van der Waals surface area contributed by atoms with E-state index in [1.807, 2.05) is 0 Å². The number of halogens is 3. The Labute approximate surface area is 72.3 Å². The van der Waals surface area contributed by atoms with E-state index in [9.17, 15) is 22.9 Å². The van der Waals surface area contributed by atoms with Crippen LogP contribution < -0.4 is 0 Å². The molecule has 0 aromatic carbocycles. The second-order valence-electron chi connectivity index (χ2n) is 3.07. The fraction of sp³-hybridized carbons (Fsp3) is 0.857. The number of alkyl halides is 3. The number of carbonyl (C=O) groups excluding carboxylic acids is 1. The van der Waals surface area contributed by atoms with Gasteiger partial charge in [0.1, 0.15) is 6.04 Å². The number of hydrogen-bond donors (Lipinski definition) is 0. The van der Waals surface area contributed by atoms with Crippen molar-refractivity contribution in [1.29, 1.82) is 0 Å². The molecule has 0 radical (unpaired) electrons. The van der Waals surface area contributed by atoms with Crippen LogP contribution in [0.4, 0.5) is 13.2 Å². The van der Waals surface area contributed by atoms with Gasteiger partial charge >= 0.3 is 6.18 Å². The van der Waals surface area contributed by atoms with Gasteiger partial charge in [0.05, 0.1) is 5.92 Å². The van der Waals surface area contributed by atoms with E-state index in [0.29, 0.717) is 6.42 Å². The zero-order valence-electron chi connectivity index (χ0n) is 6.67. The van der Waals surface area contributed by atoms with Crippen molar-refractivity contribution < 1.29 is 18.0 Å². The third-order valence-electron chi connectivity index (χ3n) is 2.23. The molecule has 0 spiro atoms. The Hall–Kier alpha value is -0.940. The van der Waals surface area contributed by atoms with Crippen LogP contribution in [0.2, 0.25) is 0 Å². The van der Waals surface area contributed by atoms with Gasteiger partial charge in [-0.3, -0.25) is 4.79 Å². The highest BCUT2D eigenvalue weighted by atomic mass is 19.4. The highest BCUT2D eigenvalue weighted by Crippen LogP contribution is 2.34. The van der Waals surface area contributed by atoms with Gasteiger partial charge < -0.3 is 0 Å². The van der Waals surface area contributed by atoms with Gasteiger partial charge in [0.15, 0.2) is 0 Å². The zero-order valence-corrected chi connectivity index (χ0v) is 6.67. The molecule has 0 heterocycles. The van der Waals surface area contributed by atoms with Crippen LogP contribution in [0.25, 0.3) is 0 Å². The minimum absolute atomic E-state index is 0.120. The van der Waals surface area contributed by atoms with Gasteiger partial charge in [-0.15, -0.1) is 0 Å². The molecular formula is C7H8F3NO2. The van der Waals surface area contributed by atoms with E-state index in [1.165, 1.54) is 0 Å². The molecule has 0 aliphatic heterocycles. The number of nitroso groups, excluding NO2 is 1. The summed E-state index contributed by atoms with van der Waals surface area (Å²) in [5.74, 6) is -3.05. The molecule has 74 valence electrons. The predicted molar refractivity (Wildman–Crippen MR) is 38.0 cm³/mol. The molecule has 0 amide bonds. The molecule has 0 saturated heterocycles. The van der Waals surface area contributed by atoms with E-state index in [1.54, 1.807) is 0 Å². The highest BCUT2D eigenvalue weighted by Gasteiger charge is 2.48. The van der Waals surface area contributed by atoms with Crippen LogP contribution >= 0.6 is 0 Å². The van der Waals surface area contributed by atoms with E-state index < -0.39 is 23.9 Å². The summed E-state index contributed by atoms with van der Waals surface area (Å²) in [6.07, 6.45) is -3.97. The van der Waals surface area contributed by atoms with Gasteiger partial charge in [-0.05, 0) is 12.8 Å². The van der Waals surface area contributed by atoms with E-state index in [4.69, 9.17) is 0 Å². The summed E-state index contributed by atoms with van der Waals surface area (Å²) in [5, 5.41) is 2.53. The van der Waals surface area contributed by atoms with Gasteiger partial charge in [-0.25, -0.2) is 0 Å². The summed E-state index contributed by atoms with van der Waals surface area (Å²) in [5.41, 5.74) is 0. The molecule has 1 aliphatic rings. The molecule has 1 rings (SSSR count). The average molecular weight is 195 g/mol. The van der Waals surface area contributed by atoms with Crippen molar-refractivity contribution >= 4 is 5.78 Å². The molecule has 0 bridgehead atoms. The van der Waals surface area contributed by atoms with Crippen molar-refractivity contribution in [2.24, 2.45) is 11.1 Å². The molecule has 13 heavy (non-hydrogen) atoms. The van der Waals surface area contributed by atoms with Crippen molar-refractivity contribution in [3.8, 4) is 0 Å². The van der Waals surface area contributed by atoms with Crippen molar-refractivity contribution in [2.75, 3.05) is 0 Å². The van der Waals surface area contributed by atoms with Crippen LogP contribution in [-0.2, 0) is 4.79 Å². The molecule has 1 aliphatic carbocycles. The maximum atomic E-state index is 11.9. The van der Waals surface area contributed by atoms with Gasteiger partial charge in [0.2, 0.25) is 5.78 Å². The van der Waals surface area contributed by atoms with Gasteiger partial charge in [-0.2, -0.15) is 18.1 Å². The molecule has 2 unspecified atom stereocenters. The summed E-state index contributed by atoms with van der Waals surface area (Å²) in [7, 11) is 0. The van der Waals surface area contributed by atoms with Crippen LogP contribution in [0.1, 0.15) is 19.3 Å². The van der Waals surface area contributed by atoms with Crippen molar-refractivity contribution in [2.45, 2.75) is 31.5 Å². The van der Waals surface area contributed by atoms with Gasteiger partial charge in [0, 0.05) is 0 Å². The molecule has 0 N–H and O–H groups in total. The maximum Gasteiger partial charge on any atom is 0.450 e. The number of Topliss-reactive ketones (excluding diaryl/α,β-unsaturated/α-hetero) is 1. The quantitative estimate of drug-likeness (QED) is 0.633. The minimum Gasteiger partial charge on any atom is -0.289 e. The van der Waals surface area contributed by atoms with E-state index in [2.05, 4.69) is 5.18 Å². The van der Waals surface area contributed by atoms with E-state index >= 15 is 0 Å². The first kappa shape index (κ1) is 10.1. The first-order valence-electron chi connectivity index (χ1n) is 3.90.